The van der Waals surface area contributed by atoms with E-state index in [-0.39, 0.29) is 12.7 Å². The molecule has 1 aliphatic heterocycles. The quantitative estimate of drug-likeness (QED) is 0.684. The van der Waals surface area contributed by atoms with Crippen LogP contribution in [0.5, 0.6) is 11.5 Å². The van der Waals surface area contributed by atoms with Crippen LogP contribution in [0.25, 0.3) is 10.2 Å². The fraction of sp³-hybridized carbons (Fsp3) is 0.263. The number of benzene rings is 2. The highest BCUT2D eigenvalue weighted by atomic mass is 32.2. The van der Waals surface area contributed by atoms with E-state index in [0.717, 1.165) is 39.6 Å². The number of thioether (sulfide) groups is 1. The lowest BCUT2D eigenvalue weighted by molar-refractivity contribution is 0.0997. The molecule has 2 heterocycles. The van der Waals surface area contributed by atoms with Crippen molar-refractivity contribution in [2.24, 2.45) is 4.99 Å². The molecule has 5 nitrogen and oxygen atoms in total. The predicted molar refractivity (Wildman–Crippen MR) is 105 cm³/mol. The lowest BCUT2D eigenvalue weighted by Crippen LogP contribution is -2.18. The predicted octanol–water partition coefficient (Wildman–Crippen LogP) is 3.84. The Balaban J connectivity index is 1.85. The highest BCUT2D eigenvalue weighted by molar-refractivity contribution is 7.98. The van der Waals surface area contributed by atoms with Crippen LogP contribution in [0.4, 0.5) is 0 Å². The number of thiazole rings is 1. The van der Waals surface area contributed by atoms with Crippen LogP contribution in [-0.4, -0.2) is 29.3 Å². The summed E-state index contributed by atoms with van der Waals surface area (Å²) in [5, 5.41) is 0. The summed E-state index contributed by atoms with van der Waals surface area (Å²) in [6.07, 6.45) is 2.07. The van der Waals surface area contributed by atoms with Crippen LogP contribution in [0.3, 0.4) is 0 Å². The number of hydrogen-bond acceptors (Lipinski definition) is 5. The molecule has 1 aromatic heterocycles. The molecule has 0 aliphatic carbocycles. The second-order valence-corrected chi connectivity index (χ2v) is 7.93. The first kappa shape index (κ1) is 17.2. The molecule has 2 aromatic carbocycles. The van der Waals surface area contributed by atoms with E-state index < -0.39 is 0 Å². The number of amides is 1. The van der Waals surface area contributed by atoms with Crippen LogP contribution in [0.2, 0.25) is 0 Å². The molecule has 0 radical (unpaired) electrons. The molecule has 0 saturated carbocycles. The molecule has 3 aromatic rings. The summed E-state index contributed by atoms with van der Waals surface area (Å²) in [5.41, 5.74) is 2.58. The van der Waals surface area contributed by atoms with E-state index >= 15 is 0 Å². The van der Waals surface area contributed by atoms with Gasteiger partial charge in [0.1, 0.15) is 0 Å². The van der Waals surface area contributed by atoms with Gasteiger partial charge in [0.15, 0.2) is 16.3 Å². The first-order chi connectivity index (χ1) is 12.7. The maximum Gasteiger partial charge on any atom is 0.279 e. The zero-order valence-corrected chi connectivity index (χ0v) is 16.2. The zero-order chi connectivity index (χ0) is 18.1. The second-order valence-electron chi connectivity index (χ2n) is 5.93. The third-order valence-electron chi connectivity index (χ3n) is 4.27. The van der Waals surface area contributed by atoms with Crippen LogP contribution >= 0.6 is 23.1 Å². The number of carbonyl (C=O) groups is 1. The SMILES string of the molecule is CSCCn1c(=NC(=O)c2ccccc2C)sc2cc3c(cc21)OCO3. The molecular weight excluding hydrogens is 368 g/mol. The number of aromatic nitrogens is 1. The molecule has 0 spiro atoms. The Morgan fingerprint density at radius 2 is 2.04 bits per heavy atom. The maximum atomic E-state index is 12.7. The van der Waals surface area contributed by atoms with E-state index in [4.69, 9.17) is 9.47 Å². The summed E-state index contributed by atoms with van der Waals surface area (Å²) in [6, 6.07) is 11.5. The van der Waals surface area contributed by atoms with E-state index in [1.165, 1.54) is 11.3 Å². The van der Waals surface area contributed by atoms with Gasteiger partial charge in [-0.1, -0.05) is 29.5 Å². The number of hydrogen-bond donors (Lipinski definition) is 0. The summed E-state index contributed by atoms with van der Waals surface area (Å²) in [7, 11) is 0. The van der Waals surface area contributed by atoms with Gasteiger partial charge in [0.05, 0.1) is 10.2 Å². The molecule has 1 aliphatic rings. The van der Waals surface area contributed by atoms with Crippen LogP contribution in [0.15, 0.2) is 41.4 Å². The smallest absolute Gasteiger partial charge is 0.279 e. The van der Waals surface area contributed by atoms with Crippen molar-refractivity contribution in [3.8, 4) is 11.5 Å². The fourth-order valence-electron chi connectivity index (χ4n) is 2.90. The Morgan fingerprint density at radius 1 is 1.27 bits per heavy atom. The molecule has 0 atom stereocenters. The molecule has 4 rings (SSSR count). The summed E-state index contributed by atoms with van der Waals surface area (Å²) in [5.74, 6) is 2.21. The minimum Gasteiger partial charge on any atom is -0.454 e. The van der Waals surface area contributed by atoms with E-state index in [0.29, 0.717) is 10.4 Å². The first-order valence-electron chi connectivity index (χ1n) is 8.24. The van der Waals surface area contributed by atoms with Gasteiger partial charge in [-0.15, -0.1) is 0 Å². The number of fused-ring (bicyclic) bond motifs is 2. The normalized spacial score (nSPS) is 13.5. The molecule has 0 fully saturated rings. The van der Waals surface area contributed by atoms with Crippen molar-refractivity contribution in [1.29, 1.82) is 0 Å². The van der Waals surface area contributed by atoms with Gasteiger partial charge in [-0.3, -0.25) is 4.79 Å². The zero-order valence-electron chi connectivity index (χ0n) is 14.5. The lowest BCUT2D eigenvalue weighted by atomic mass is 10.1. The van der Waals surface area contributed by atoms with Crippen LogP contribution < -0.4 is 14.3 Å². The van der Waals surface area contributed by atoms with Gasteiger partial charge in [-0.25, -0.2) is 0 Å². The van der Waals surface area contributed by atoms with Crippen molar-refractivity contribution < 1.29 is 14.3 Å². The molecule has 0 N–H and O–H groups in total. The highest BCUT2D eigenvalue weighted by Crippen LogP contribution is 2.37. The largest absolute Gasteiger partial charge is 0.454 e. The van der Waals surface area contributed by atoms with Gasteiger partial charge in [-0.05, 0) is 24.8 Å². The van der Waals surface area contributed by atoms with E-state index in [1.54, 1.807) is 11.8 Å². The molecule has 0 saturated heterocycles. The molecule has 26 heavy (non-hydrogen) atoms. The third-order valence-corrected chi connectivity index (χ3v) is 5.90. The van der Waals surface area contributed by atoms with Crippen LogP contribution in [-0.2, 0) is 6.54 Å². The number of aryl methyl sites for hydroxylation is 2. The van der Waals surface area contributed by atoms with Gasteiger partial charge < -0.3 is 14.0 Å². The van der Waals surface area contributed by atoms with Crippen LogP contribution in [0, 0.1) is 6.92 Å². The summed E-state index contributed by atoms with van der Waals surface area (Å²) < 4.78 is 14.1. The van der Waals surface area contributed by atoms with Gasteiger partial charge in [0.25, 0.3) is 5.91 Å². The Morgan fingerprint density at radius 3 is 2.81 bits per heavy atom. The summed E-state index contributed by atoms with van der Waals surface area (Å²) in [4.78, 5) is 17.8. The number of ether oxygens (including phenoxy) is 2. The van der Waals surface area contributed by atoms with Gasteiger partial charge in [0.2, 0.25) is 6.79 Å². The average molecular weight is 386 g/mol. The third kappa shape index (κ3) is 3.12. The molecule has 7 heteroatoms. The fourth-order valence-corrected chi connectivity index (χ4v) is 4.33. The number of nitrogens with zero attached hydrogens (tertiary/aromatic N) is 2. The monoisotopic (exact) mass is 386 g/mol. The topological polar surface area (TPSA) is 52.8 Å². The number of carbonyl (C=O) groups excluding carboxylic acids is 1. The first-order valence-corrected chi connectivity index (χ1v) is 10.4. The van der Waals surface area contributed by atoms with Crippen molar-refractivity contribution in [3.05, 3.63) is 52.3 Å². The molecule has 1 amide bonds. The Bertz CT molecular complexity index is 1050. The average Bonchev–Trinajstić information content (AvgIpc) is 3.21. The minimum absolute atomic E-state index is 0.215. The van der Waals surface area contributed by atoms with Gasteiger partial charge in [-0.2, -0.15) is 16.8 Å². The molecule has 0 bridgehead atoms. The molecule has 0 unspecified atom stereocenters. The van der Waals surface area contributed by atoms with Gasteiger partial charge in [0, 0.05) is 30.0 Å². The van der Waals surface area contributed by atoms with Crippen molar-refractivity contribution in [2.75, 3.05) is 18.8 Å². The summed E-state index contributed by atoms with van der Waals surface area (Å²) >= 11 is 3.26. The number of rotatable bonds is 4. The van der Waals surface area contributed by atoms with Gasteiger partial charge >= 0.3 is 0 Å². The van der Waals surface area contributed by atoms with Crippen LogP contribution in [0.1, 0.15) is 15.9 Å². The lowest BCUT2D eigenvalue weighted by Gasteiger charge is -2.05. The Kier molecular flexibility index (Phi) is 4.74. The van der Waals surface area contributed by atoms with Crippen molar-refractivity contribution in [3.63, 3.8) is 0 Å². The highest BCUT2D eigenvalue weighted by Gasteiger charge is 2.18. The Labute approximate surface area is 159 Å². The van der Waals surface area contributed by atoms with E-state index in [1.807, 2.05) is 43.3 Å². The second kappa shape index (κ2) is 7.17. The standard InChI is InChI=1S/C19H18N2O3S2/c1-12-5-3-4-6-13(12)18(22)20-19-21(7-8-25-2)14-9-15-16(24-11-23-15)10-17(14)26-19/h3-6,9-10H,7-8,11H2,1-2H3. The Hall–Kier alpha value is -2.25. The van der Waals surface area contributed by atoms with E-state index in [9.17, 15) is 4.79 Å². The maximum absolute atomic E-state index is 12.7. The van der Waals surface area contributed by atoms with E-state index in [2.05, 4.69) is 15.8 Å². The summed E-state index contributed by atoms with van der Waals surface area (Å²) in [6.45, 7) is 2.95. The minimum atomic E-state index is -0.215. The van der Waals surface area contributed by atoms with Crippen molar-refractivity contribution >= 4 is 39.2 Å². The van der Waals surface area contributed by atoms with Crippen molar-refractivity contribution in [1.82, 2.24) is 4.57 Å². The van der Waals surface area contributed by atoms with Crippen molar-refractivity contribution in [2.45, 2.75) is 13.5 Å². The molecular formula is C19H18N2O3S2. The molecule has 134 valence electrons.